The second-order valence-electron chi connectivity index (χ2n) is 4.63. The summed E-state index contributed by atoms with van der Waals surface area (Å²) in [5.74, 6) is 0.322. The molecule has 1 heteroatoms. The zero-order valence-corrected chi connectivity index (χ0v) is 11.8. The van der Waals surface area contributed by atoms with Crippen LogP contribution >= 0.6 is 0 Å². The number of hydrogen-bond donors (Lipinski definition) is 1. The first-order chi connectivity index (χ1) is 9.33. The van der Waals surface area contributed by atoms with Gasteiger partial charge in [-0.1, -0.05) is 74.7 Å². The van der Waals surface area contributed by atoms with Crippen LogP contribution in [0.15, 0.2) is 60.7 Å². The summed E-state index contributed by atoms with van der Waals surface area (Å²) in [6.45, 7) is 2.25. The largest absolute Gasteiger partial charge is 0.508 e. The lowest BCUT2D eigenvalue weighted by Gasteiger charge is -1.99. The molecule has 0 aliphatic carbocycles. The number of phenolic OH excluding ortho intramolecular Hbond substituents is 1. The van der Waals surface area contributed by atoms with Gasteiger partial charge in [0.05, 0.1) is 0 Å². The van der Waals surface area contributed by atoms with Crippen LogP contribution in [-0.4, -0.2) is 5.11 Å². The van der Waals surface area contributed by atoms with E-state index in [-0.39, 0.29) is 0 Å². The highest BCUT2D eigenvalue weighted by molar-refractivity contribution is 5.18. The minimum absolute atomic E-state index is 0.322. The van der Waals surface area contributed by atoms with Crippen molar-refractivity contribution in [3.05, 3.63) is 66.2 Å². The van der Waals surface area contributed by atoms with E-state index in [0.29, 0.717) is 5.75 Å². The van der Waals surface area contributed by atoms with Crippen LogP contribution in [0.5, 0.6) is 5.75 Å². The van der Waals surface area contributed by atoms with Gasteiger partial charge in [-0.05, 0) is 30.5 Å². The Hall–Kier alpha value is -1.76. The van der Waals surface area contributed by atoms with Crippen molar-refractivity contribution in [2.24, 2.45) is 0 Å². The van der Waals surface area contributed by atoms with Gasteiger partial charge in [0.25, 0.3) is 0 Å². The van der Waals surface area contributed by atoms with Gasteiger partial charge >= 0.3 is 0 Å². The van der Waals surface area contributed by atoms with Crippen molar-refractivity contribution in [1.29, 1.82) is 0 Å². The third kappa shape index (κ3) is 8.04. The van der Waals surface area contributed by atoms with E-state index in [1.807, 2.05) is 6.07 Å². The second-order valence-corrected chi connectivity index (χ2v) is 4.63. The monoisotopic (exact) mass is 256 g/mol. The summed E-state index contributed by atoms with van der Waals surface area (Å²) < 4.78 is 0. The summed E-state index contributed by atoms with van der Waals surface area (Å²) in [5.41, 5.74) is 1.48. The molecule has 0 unspecified atom stereocenters. The van der Waals surface area contributed by atoms with Gasteiger partial charge in [0.1, 0.15) is 5.75 Å². The number of aromatic hydroxyl groups is 1. The Kier molecular flexibility index (Phi) is 8.20. The molecule has 102 valence electrons. The van der Waals surface area contributed by atoms with Crippen LogP contribution in [0.25, 0.3) is 0 Å². The summed E-state index contributed by atoms with van der Waals surface area (Å²) in [4.78, 5) is 0. The molecule has 1 N–H and O–H groups in total. The van der Waals surface area contributed by atoms with Crippen molar-refractivity contribution < 1.29 is 5.11 Å². The maximum Gasteiger partial charge on any atom is 0.115 e. The number of unbranched alkanes of at least 4 members (excludes halogenated alkanes) is 3. The minimum atomic E-state index is 0.322. The molecule has 1 nitrogen and oxygen atoms in total. The Labute approximate surface area is 116 Å². The lowest BCUT2D eigenvalue weighted by molar-refractivity contribution is 0.475. The number of benzene rings is 2. The Morgan fingerprint density at radius 1 is 0.737 bits per heavy atom. The molecule has 0 saturated carbocycles. The number of para-hydroxylation sites is 1. The van der Waals surface area contributed by atoms with Gasteiger partial charge in [-0.25, -0.2) is 0 Å². The van der Waals surface area contributed by atoms with Crippen LogP contribution in [0.1, 0.15) is 38.2 Å². The van der Waals surface area contributed by atoms with E-state index in [9.17, 15) is 0 Å². The maximum atomic E-state index is 8.63. The lowest BCUT2D eigenvalue weighted by atomic mass is 10.1. The zero-order chi connectivity index (χ0) is 13.8. The Morgan fingerprint density at radius 3 is 1.79 bits per heavy atom. The van der Waals surface area contributed by atoms with Crippen molar-refractivity contribution in [3.8, 4) is 5.75 Å². The van der Waals surface area contributed by atoms with Gasteiger partial charge in [0.15, 0.2) is 0 Å². The molecule has 0 aliphatic rings. The molecule has 0 fully saturated rings. The molecule has 0 aromatic heterocycles. The molecule has 0 aliphatic heterocycles. The molecule has 0 bridgehead atoms. The molecule has 19 heavy (non-hydrogen) atoms. The van der Waals surface area contributed by atoms with Crippen molar-refractivity contribution in [2.75, 3.05) is 0 Å². The highest BCUT2D eigenvalue weighted by Gasteiger charge is 1.90. The molecule has 2 aromatic carbocycles. The Balaban J connectivity index is 0.000000218. The van der Waals surface area contributed by atoms with E-state index in [1.165, 1.54) is 37.7 Å². The molecule has 0 heterocycles. The number of aryl methyl sites for hydroxylation is 1. The smallest absolute Gasteiger partial charge is 0.115 e. The highest BCUT2D eigenvalue weighted by atomic mass is 16.3. The Bertz CT molecular complexity index is 408. The van der Waals surface area contributed by atoms with E-state index in [0.717, 1.165) is 0 Å². The van der Waals surface area contributed by atoms with Crippen molar-refractivity contribution >= 4 is 0 Å². The summed E-state index contributed by atoms with van der Waals surface area (Å²) in [5, 5.41) is 8.63. The first-order valence-corrected chi connectivity index (χ1v) is 7.11. The molecular formula is C18H24O. The molecule has 0 saturated heterocycles. The van der Waals surface area contributed by atoms with Gasteiger partial charge in [-0.2, -0.15) is 0 Å². The highest BCUT2D eigenvalue weighted by Crippen LogP contribution is 2.06. The van der Waals surface area contributed by atoms with Crippen molar-refractivity contribution in [1.82, 2.24) is 0 Å². The van der Waals surface area contributed by atoms with Crippen molar-refractivity contribution in [3.63, 3.8) is 0 Å². The predicted octanol–water partition coefficient (Wildman–Crippen LogP) is 5.20. The number of rotatable bonds is 5. The summed E-state index contributed by atoms with van der Waals surface area (Å²) >= 11 is 0. The van der Waals surface area contributed by atoms with Crippen LogP contribution in [0.2, 0.25) is 0 Å². The predicted molar refractivity (Wildman–Crippen MR) is 82.4 cm³/mol. The van der Waals surface area contributed by atoms with E-state index >= 15 is 0 Å². The van der Waals surface area contributed by atoms with Gasteiger partial charge in [0, 0.05) is 0 Å². The normalized spacial score (nSPS) is 9.53. The first kappa shape index (κ1) is 15.3. The van der Waals surface area contributed by atoms with Crippen LogP contribution in [0.3, 0.4) is 0 Å². The van der Waals surface area contributed by atoms with Gasteiger partial charge in [0.2, 0.25) is 0 Å². The average molecular weight is 256 g/mol. The fraction of sp³-hybridized carbons (Fsp3) is 0.333. The molecule has 0 radical (unpaired) electrons. The molecular weight excluding hydrogens is 232 g/mol. The first-order valence-electron chi connectivity index (χ1n) is 7.11. The average Bonchev–Trinajstić information content (AvgIpc) is 2.46. The third-order valence-electron chi connectivity index (χ3n) is 2.92. The summed E-state index contributed by atoms with van der Waals surface area (Å²) in [7, 11) is 0. The summed E-state index contributed by atoms with van der Waals surface area (Å²) in [6, 6.07) is 19.5. The standard InChI is InChI=1S/C12H18.C6H6O/c1-2-3-4-6-9-12-10-7-5-8-11-12;7-6-4-2-1-3-5-6/h5,7-8,10-11H,2-4,6,9H2,1H3;1-5,7H. The van der Waals surface area contributed by atoms with Crippen LogP contribution in [-0.2, 0) is 6.42 Å². The quantitative estimate of drug-likeness (QED) is 0.729. The molecule has 0 amide bonds. The van der Waals surface area contributed by atoms with E-state index in [4.69, 9.17) is 5.11 Å². The molecule has 0 atom stereocenters. The van der Waals surface area contributed by atoms with Gasteiger partial charge in [-0.3, -0.25) is 0 Å². The fourth-order valence-corrected chi connectivity index (χ4v) is 1.83. The SMILES string of the molecule is CCCCCCc1ccccc1.Oc1ccccc1. The number of hydrogen-bond acceptors (Lipinski definition) is 1. The van der Waals surface area contributed by atoms with Crippen LogP contribution < -0.4 is 0 Å². The topological polar surface area (TPSA) is 20.2 Å². The van der Waals surface area contributed by atoms with Gasteiger partial charge < -0.3 is 5.11 Å². The zero-order valence-electron chi connectivity index (χ0n) is 11.8. The third-order valence-corrected chi connectivity index (χ3v) is 2.92. The number of phenols is 1. The fourth-order valence-electron chi connectivity index (χ4n) is 1.83. The van der Waals surface area contributed by atoms with E-state index in [2.05, 4.69) is 37.3 Å². The molecule has 0 spiro atoms. The van der Waals surface area contributed by atoms with Crippen LogP contribution in [0.4, 0.5) is 0 Å². The van der Waals surface area contributed by atoms with Crippen LogP contribution in [0, 0.1) is 0 Å². The minimum Gasteiger partial charge on any atom is -0.508 e. The lowest BCUT2D eigenvalue weighted by Crippen LogP contribution is -1.84. The maximum absolute atomic E-state index is 8.63. The van der Waals surface area contributed by atoms with E-state index in [1.54, 1.807) is 24.3 Å². The molecule has 2 rings (SSSR count). The van der Waals surface area contributed by atoms with Crippen molar-refractivity contribution in [2.45, 2.75) is 39.0 Å². The second kappa shape index (κ2) is 10.2. The molecule has 2 aromatic rings. The van der Waals surface area contributed by atoms with E-state index < -0.39 is 0 Å². The Morgan fingerprint density at radius 2 is 1.32 bits per heavy atom. The van der Waals surface area contributed by atoms with Gasteiger partial charge in [-0.15, -0.1) is 0 Å². The summed E-state index contributed by atoms with van der Waals surface area (Å²) in [6.07, 6.45) is 6.69.